The fourth-order valence-electron chi connectivity index (χ4n) is 2.70. The molecule has 1 atom stereocenters. The number of carbonyl (C=O) groups excluding carboxylic acids is 2. The minimum absolute atomic E-state index is 0.181. The zero-order valence-corrected chi connectivity index (χ0v) is 17.3. The van der Waals surface area contributed by atoms with Gasteiger partial charge in [-0.3, -0.25) is 20.4 Å². The van der Waals surface area contributed by atoms with Gasteiger partial charge in [0.2, 0.25) is 0 Å². The predicted octanol–water partition coefficient (Wildman–Crippen LogP) is 3.24. The lowest BCUT2D eigenvalue weighted by molar-refractivity contribution is -0.128. The van der Waals surface area contributed by atoms with E-state index in [4.69, 9.17) is 14.0 Å². The Morgan fingerprint density at radius 1 is 1.10 bits per heavy atom. The Morgan fingerprint density at radius 2 is 1.81 bits per heavy atom. The predicted molar refractivity (Wildman–Crippen MR) is 109 cm³/mol. The zero-order valence-electron chi connectivity index (χ0n) is 17.3. The minimum atomic E-state index is -0.920. The van der Waals surface area contributed by atoms with Gasteiger partial charge in [0.05, 0.1) is 16.8 Å². The zero-order chi connectivity index (χ0) is 22.4. The number of nitrogens with one attached hydrogen (secondary N) is 2. The first-order chi connectivity index (χ1) is 14.8. The third-order valence-electron chi connectivity index (χ3n) is 4.48. The maximum Gasteiger partial charge on any atom is 0.279 e. The maximum atomic E-state index is 13.0. The van der Waals surface area contributed by atoms with Crippen LogP contribution in [0, 0.1) is 19.7 Å². The van der Waals surface area contributed by atoms with E-state index in [1.807, 2.05) is 0 Å². The summed E-state index contributed by atoms with van der Waals surface area (Å²) in [7, 11) is 0. The monoisotopic (exact) mass is 427 g/mol. The van der Waals surface area contributed by atoms with Crippen molar-refractivity contribution < 1.29 is 28.0 Å². The molecule has 0 saturated carbocycles. The average molecular weight is 427 g/mol. The van der Waals surface area contributed by atoms with E-state index in [9.17, 15) is 14.0 Å². The van der Waals surface area contributed by atoms with Gasteiger partial charge in [0.1, 0.15) is 29.7 Å². The van der Waals surface area contributed by atoms with E-state index in [0.29, 0.717) is 23.0 Å². The van der Waals surface area contributed by atoms with E-state index < -0.39 is 23.7 Å². The van der Waals surface area contributed by atoms with Crippen LogP contribution in [0.25, 0.3) is 0 Å². The second-order valence-electron chi connectivity index (χ2n) is 6.74. The number of aromatic nitrogens is 1. The Morgan fingerprint density at radius 3 is 2.48 bits per heavy atom. The third-order valence-corrected chi connectivity index (χ3v) is 4.48. The molecule has 0 saturated heterocycles. The quantitative estimate of drug-likeness (QED) is 0.561. The molecule has 2 N–H and O–H groups in total. The lowest BCUT2D eigenvalue weighted by Crippen LogP contribution is -2.47. The van der Waals surface area contributed by atoms with Gasteiger partial charge in [-0.1, -0.05) is 17.3 Å². The highest BCUT2D eigenvalue weighted by Crippen LogP contribution is 2.21. The lowest BCUT2D eigenvalue weighted by Gasteiger charge is -2.16. The highest BCUT2D eigenvalue weighted by Gasteiger charge is 2.18. The first kappa shape index (κ1) is 21.8. The molecule has 3 aromatic rings. The van der Waals surface area contributed by atoms with Crippen molar-refractivity contribution in [1.29, 1.82) is 0 Å². The molecule has 0 aliphatic rings. The largest absolute Gasteiger partial charge is 0.488 e. The van der Waals surface area contributed by atoms with E-state index in [0.717, 1.165) is 5.56 Å². The minimum Gasteiger partial charge on any atom is -0.488 e. The standard InChI is InChI=1S/C22H22FN3O5/c1-13-19(14(2)31-26-13)12-29-20-7-5-4-6-18(20)22(28)25-24-21(27)15(3)30-17-10-8-16(23)9-11-17/h4-11,15H,12H2,1-3H3,(H,24,27)(H,25,28). The number of ether oxygens (including phenoxy) is 2. The van der Waals surface area contributed by atoms with Gasteiger partial charge in [-0.05, 0) is 57.2 Å². The number of hydrazine groups is 1. The summed E-state index contributed by atoms with van der Waals surface area (Å²) in [6, 6.07) is 11.9. The summed E-state index contributed by atoms with van der Waals surface area (Å²) in [5, 5.41) is 3.87. The number of hydrogen-bond donors (Lipinski definition) is 2. The van der Waals surface area contributed by atoms with Gasteiger partial charge in [-0.2, -0.15) is 0 Å². The highest BCUT2D eigenvalue weighted by molar-refractivity contribution is 5.98. The van der Waals surface area contributed by atoms with Crippen molar-refractivity contribution >= 4 is 11.8 Å². The first-order valence-corrected chi connectivity index (χ1v) is 9.51. The number of benzene rings is 2. The molecule has 2 amide bonds. The van der Waals surface area contributed by atoms with Crippen LogP contribution < -0.4 is 20.3 Å². The summed E-state index contributed by atoms with van der Waals surface area (Å²) in [6.07, 6.45) is -0.920. The molecule has 9 heteroatoms. The van der Waals surface area contributed by atoms with Crippen molar-refractivity contribution in [1.82, 2.24) is 16.0 Å². The van der Waals surface area contributed by atoms with Crippen LogP contribution in [0.5, 0.6) is 11.5 Å². The topological polar surface area (TPSA) is 103 Å². The lowest BCUT2D eigenvalue weighted by atomic mass is 10.2. The summed E-state index contributed by atoms with van der Waals surface area (Å²) in [5.74, 6) is -0.240. The molecule has 0 fully saturated rings. The fraction of sp³-hybridized carbons (Fsp3) is 0.227. The number of hydrogen-bond acceptors (Lipinski definition) is 6. The van der Waals surface area contributed by atoms with Crippen molar-refractivity contribution in [2.75, 3.05) is 0 Å². The van der Waals surface area contributed by atoms with Gasteiger partial charge >= 0.3 is 0 Å². The first-order valence-electron chi connectivity index (χ1n) is 9.51. The molecule has 1 aromatic heterocycles. The smallest absolute Gasteiger partial charge is 0.279 e. The number of aryl methyl sites for hydroxylation is 2. The van der Waals surface area contributed by atoms with Crippen molar-refractivity contribution in [2.24, 2.45) is 0 Å². The second-order valence-corrected chi connectivity index (χ2v) is 6.74. The molecular formula is C22H22FN3O5. The number of halogens is 1. The van der Waals surface area contributed by atoms with E-state index in [1.165, 1.54) is 31.2 Å². The number of para-hydroxylation sites is 1. The Bertz CT molecular complexity index is 1050. The molecule has 31 heavy (non-hydrogen) atoms. The SMILES string of the molecule is Cc1noc(C)c1COc1ccccc1C(=O)NNC(=O)C(C)Oc1ccc(F)cc1. The molecule has 0 aliphatic carbocycles. The van der Waals surface area contributed by atoms with Crippen LogP contribution in [0.4, 0.5) is 4.39 Å². The Labute approximate surface area is 178 Å². The summed E-state index contributed by atoms with van der Waals surface area (Å²) in [4.78, 5) is 24.8. The maximum absolute atomic E-state index is 13.0. The van der Waals surface area contributed by atoms with Crippen molar-refractivity contribution in [3.8, 4) is 11.5 Å². The van der Waals surface area contributed by atoms with Gasteiger partial charge in [-0.25, -0.2) is 4.39 Å². The molecule has 0 radical (unpaired) electrons. The summed E-state index contributed by atoms with van der Waals surface area (Å²) >= 11 is 0. The molecule has 1 heterocycles. The van der Waals surface area contributed by atoms with Gasteiger partial charge in [0.25, 0.3) is 11.8 Å². The molecule has 2 aromatic carbocycles. The summed E-state index contributed by atoms with van der Waals surface area (Å²) in [5.41, 5.74) is 6.40. The molecule has 0 bridgehead atoms. The normalized spacial score (nSPS) is 11.5. The van der Waals surface area contributed by atoms with Crippen molar-refractivity contribution in [2.45, 2.75) is 33.5 Å². The van der Waals surface area contributed by atoms with E-state index in [2.05, 4.69) is 16.0 Å². The van der Waals surface area contributed by atoms with Gasteiger partial charge < -0.3 is 14.0 Å². The Hall–Kier alpha value is -3.88. The van der Waals surface area contributed by atoms with Crippen LogP contribution in [0.3, 0.4) is 0 Å². The van der Waals surface area contributed by atoms with Crippen LogP contribution in [0.2, 0.25) is 0 Å². The van der Waals surface area contributed by atoms with Crippen LogP contribution in [-0.4, -0.2) is 23.1 Å². The van der Waals surface area contributed by atoms with Gasteiger partial charge in [0.15, 0.2) is 6.10 Å². The second kappa shape index (κ2) is 9.75. The van der Waals surface area contributed by atoms with Crippen molar-refractivity contribution in [3.05, 3.63) is 76.9 Å². The van der Waals surface area contributed by atoms with Crippen LogP contribution in [0.15, 0.2) is 53.1 Å². The molecular weight excluding hydrogens is 405 g/mol. The van der Waals surface area contributed by atoms with Crippen LogP contribution in [0.1, 0.15) is 34.3 Å². The fourth-order valence-corrected chi connectivity index (χ4v) is 2.70. The highest BCUT2D eigenvalue weighted by atomic mass is 19.1. The molecule has 3 rings (SSSR count). The van der Waals surface area contributed by atoms with Crippen LogP contribution >= 0.6 is 0 Å². The van der Waals surface area contributed by atoms with Gasteiger partial charge in [-0.15, -0.1) is 0 Å². The summed E-state index contributed by atoms with van der Waals surface area (Å²) < 4.78 is 29.3. The van der Waals surface area contributed by atoms with Gasteiger partial charge in [0, 0.05) is 0 Å². The van der Waals surface area contributed by atoms with Crippen LogP contribution in [-0.2, 0) is 11.4 Å². The van der Waals surface area contributed by atoms with Crippen molar-refractivity contribution in [3.63, 3.8) is 0 Å². The average Bonchev–Trinajstić information content (AvgIpc) is 3.09. The summed E-state index contributed by atoms with van der Waals surface area (Å²) in [6.45, 7) is 5.27. The molecule has 0 spiro atoms. The third kappa shape index (κ3) is 5.59. The molecule has 0 aliphatic heterocycles. The van der Waals surface area contributed by atoms with E-state index in [-0.39, 0.29) is 12.2 Å². The Kier molecular flexibility index (Phi) is 6.86. The number of carbonyl (C=O) groups is 2. The van der Waals surface area contributed by atoms with E-state index in [1.54, 1.807) is 38.1 Å². The Balaban J connectivity index is 1.57. The molecule has 162 valence electrons. The number of rotatable bonds is 7. The van der Waals surface area contributed by atoms with E-state index >= 15 is 0 Å². The molecule has 1 unspecified atom stereocenters. The number of amides is 2. The number of nitrogens with zero attached hydrogens (tertiary/aromatic N) is 1. The molecule has 8 nitrogen and oxygen atoms in total.